The minimum atomic E-state index is -4.52. The van der Waals surface area contributed by atoms with Crippen molar-refractivity contribution in [3.05, 3.63) is 227 Å². The number of carbonyl (C=O) groups is 3. The molecule has 1 atom stereocenters. The maximum absolute atomic E-state index is 13.6. The van der Waals surface area contributed by atoms with Crippen LogP contribution in [0.15, 0.2) is 161 Å². The number of likely N-dealkylation sites (N-methyl/N-ethyl adjacent to an activating group) is 1. The van der Waals surface area contributed by atoms with Gasteiger partial charge >= 0.3 is 6.18 Å². The predicted octanol–water partition coefficient (Wildman–Crippen LogP) is 7.88. The van der Waals surface area contributed by atoms with Crippen LogP contribution in [0.3, 0.4) is 0 Å². The van der Waals surface area contributed by atoms with Gasteiger partial charge in [-0.15, -0.1) is 0 Å². The minimum Gasteiger partial charge on any atom is -0.348 e. The Hall–Kier alpha value is -8.77. The van der Waals surface area contributed by atoms with Crippen LogP contribution in [0.4, 0.5) is 13.2 Å². The van der Waals surface area contributed by atoms with Crippen molar-refractivity contribution < 1.29 is 27.6 Å². The van der Waals surface area contributed by atoms with E-state index < -0.39 is 18.6 Å². The van der Waals surface area contributed by atoms with Crippen molar-refractivity contribution in [3.8, 4) is 0 Å². The van der Waals surface area contributed by atoms with Gasteiger partial charge in [-0.05, 0) is 120 Å². The Kier molecular flexibility index (Phi) is 14.6. The number of aromatic nitrogens is 6. The average Bonchev–Trinajstić information content (AvgIpc) is 3.40. The summed E-state index contributed by atoms with van der Waals surface area (Å²) in [6.07, 6.45) is 0.336. The first-order valence-corrected chi connectivity index (χ1v) is 24.0. The van der Waals surface area contributed by atoms with E-state index in [1.165, 1.54) is 44.8 Å². The van der Waals surface area contributed by atoms with Crippen LogP contribution in [0.5, 0.6) is 0 Å². The molecule has 0 radical (unpaired) electrons. The van der Waals surface area contributed by atoms with Crippen LogP contribution >= 0.6 is 11.6 Å². The Bertz CT molecular complexity index is 3840. The summed E-state index contributed by atoms with van der Waals surface area (Å²) in [6.45, 7) is 1.36. The molecule has 9 rings (SSSR count). The Morgan fingerprint density at radius 2 is 1.00 bits per heavy atom. The van der Waals surface area contributed by atoms with E-state index in [-0.39, 0.29) is 66.3 Å². The predicted molar refractivity (Wildman–Crippen MR) is 279 cm³/mol. The van der Waals surface area contributed by atoms with Crippen molar-refractivity contribution in [2.45, 2.75) is 51.7 Å². The van der Waals surface area contributed by atoms with Crippen LogP contribution < -0.4 is 22.0 Å². The summed E-state index contributed by atoms with van der Waals surface area (Å²) < 4.78 is 42.7. The number of rotatable bonds is 15. The highest BCUT2D eigenvalue weighted by Crippen LogP contribution is 2.20. The van der Waals surface area contributed by atoms with Gasteiger partial charge < -0.3 is 15.1 Å². The zero-order chi connectivity index (χ0) is 53.1. The Labute approximate surface area is 431 Å². The van der Waals surface area contributed by atoms with E-state index in [2.05, 4.69) is 20.3 Å². The van der Waals surface area contributed by atoms with Crippen molar-refractivity contribution in [2.24, 2.45) is 0 Å². The molecule has 0 saturated carbocycles. The summed E-state index contributed by atoms with van der Waals surface area (Å²) in [5.41, 5.74) is 5.61. The first-order chi connectivity index (χ1) is 35.9. The van der Waals surface area contributed by atoms with Crippen molar-refractivity contribution in [1.82, 2.24) is 43.8 Å². The highest BCUT2D eigenvalue weighted by molar-refractivity contribution is 6.31. The fraction of sp³-hybridized carbons (Fsp3) is 0.196. The van der Waals surface area contributed by atoms with Crippen molar-refractivity contribution in [1.29, 1.82) is 0 Å². The molecule has 75 heavy (non-hydrogen) atoms. The van der Waals surface area contributed by atoms with Gasteiger partial charge in [-0.25, -0.2) is 15.0 Å². The maximum atomic E-state index is 13.6. The monoisotopic (exact) mass is 1030 g/mol. The number of hydrogen-bond acceptors (Lipinski definition) is 9. The van der Waals surface area contributed by atoms with Crippen LogP contribution in [0.25, 0.3) is 32.7 Å². The Morgan fingerprint density at radius 3 is 1.52 bits per heavy atom. The minimum absolute atomic E-state index is 0.0927. The van der Waals surface area contributed by atoms with Crippen LogP contribution in [-0.2, 0) is 32.6 Å². The molecule has 3 heterocycles. The van der Waals surface area contributed by atoms with E-state index >= 15 is 0 Å². The molecule has 3 amide bonds. The first-order valence-electron chi connectivity index (χ1n) is 23.6. The molecule has 3 aromatic heterocycles. The van der Waals surface area contributed by atoms with Gasteiger partial charge in [-0.1, -0.05) is 60.1 Å². The van der Waals surface area contributed by atoms with Gasteiger partial charge in [-0.2, -0.15) is 13.2 Å². The lowest BCUT2D eigenvalue weighted by Gasteiger charge is -2.25. The molecule has 0 aliphatic heterocycles. The second-order valence-corrected chi connectivity index (χ2v) is 18.9. The normalized spacial score (nSPS) is 12.0. The van der Waals surface area contributed by atoms with E-state index in [1.54, 1.807) is 115 Å². The Morgan fingerprint density at radius 1 is 0.560 bits per heavy atom. The van der Waals surface area contributed by atoms with E-state index in [9.17, 15) is 41.9 Å². The van der Waals surface area contributed by atoms with Crippen molar-refractivity contribution in [3.63, 3.8) is 0 Å². The smallest absolute Gasteiger partial charge is 0.348 e. The summed E-state index contributed by atoms with van der Waals surface area (Å²) in [6, 6.07) is 35.2. The number of nitrogens with zero attached hydrogens (tertiary/aromatic N) is 8. The lowest BCUT2D eigenvalue weighted by Crippen LogP contribution is -2.36. The lowest BCUT2D eigenvalue weighted by molar-refractivity contribution is -0.138. The van der Waals surface area contributed by atoms with E-state index in [0.717, 1.165) is 29.3 Å². The third kappa shape index (κ3) is 11.7. The Balaban J connectivity index is 0.764. The first kappa shape index (κ1) is 51.1. The van der Waals surface area contributed by atoms with Crippen LogP contribution in [-0.4, -0.2) is 89.0 Å². The highest BCUT2D eigenvalue weighted by atomic mass is 35.5. The van der Waals surface area contributed by atoms with Crippen LogP contribution in [0, 0.1) is 0 Å². The van der Waals surface area contributed by atoms with Gasteiger partial charge in [-0.3, -0.25) is 42.5 Å². The number of fused-ring (bicyclic) bond motifs is 3. The SMILES string of the molecule is CC(Cc1ccc2c(=O)n(Cc3ccc(C(=O)N(C)CC(F)(F)F)cc3)cnc2c1)N(C)C(=O)c1ccc(Cn2cnc3cc(CNC(=O)c4ccc(Cn5cnc6ccc(Cl)cc6c5=O)cc4)ccc3c2=O)cc1. The molecule has 0 aliphatic carbocycles. The summed E-state index contributed by atoms with van der Waals surface area (Å²) >= 11 is 6.09. The molecule has 1 unspecified atom stereocenters. The van der Waals surface area contributed by atoms with Gasteiger partial charge in [0.25, 0.3) is 34.4 Å². The largest absolute Gasteiger partial charge is 0.406 e. The van der Waals surface area contributed by atoms with Gasteiger partial charge in [0.1, 0.15) is 6.54 Å². The standard InChI is InChI=1S/C56H47ClF3N9O6/c1-34(22-38-10-19-44-48(23-38)63-32-67(53(44)73)27-36-6-14-41(15-7-36)51(71)65(2)30-56(58,59)60)66(3)52(72)42-16-8-37(9-17-42)28-68-33-64-49-24-39(11-20-45(49)54(68)74)26-61-50(70)40-12-4-35(5-13-40)29-69-31-62-47-21-18-43(57)25-46(47)55(69)75/h4-21,23-25,31-34H,22,26-30H2,1-3H3,(H,61,70). The van der Waals surface area contributed by atoms with E-state index in [1.807, 2.05) is 19.1 Å². The number of nitrogens with one attached hydrogen (secondary N) is 1. The number of amides is 3. The molecule has 0 aliphatic rings. The molecule has 19 heteroatoms. The molecule has 0 fully saturated rings. The molecular weight excluding hydrogens is 987 g/mol. The van der Waals surface area contributed by atoms with Gasteiger partial charge in [0, 0.05) is 48.4 Å². The average molecular weight is 1030 g/mol. The molecule has 1 N–H and O–H groups in total. The molecule has 15 nitrogen and oxygen atoms in total. The van der Waals surface area contributed by atoms with Gasteiger partial charge in [0.15, 0.2) is 0 Å². The number of benzene rings is 6. The topological polar surface area (TPSA) is 174 Å². The maximum Gasteiger partial charge on any atom is 0.406 e. The lowest BCUT2D eigenvalue weighted by atomic mass is 10.0. The van der Waals surface area contributed by atoms with E-state index in [4.69, 9.17) is 11.6 Å². The molecule has 0 spiro atoms. The quantitative estimate of drug-likeness (QED) is 0.107. The van der Waals surface area contributed by atoms with Gasteiger partial charge in [0.05, 0.1) is 71.3 Å². The highest BCUT2D eigenvalue weighted by Gasteiger charge is 2.31. The van der Waals surface area contributed by atoms with Crippen LogP contribution in [0.2, 0.25) is 5.02 Å². The second kappa shape index (κ2) is 21.4. The number of hydrogen-bond donors (Lipinski definition) is 1. The molecule has 6 aromatic carbocycles. The third-order valence-electron chi connectivity index (χ3n) is 13.0. The van der Waals surface area contributed by atoms with E-state index in [0.29, 0.717) is 65.7 Å². The van der Waals surface area contributed by atoms with Crippen LogP contribution in [0.1, 0.15) is 65.8 Å². The summed E-state index contributed by atoms with van der Waals surface area (Å²) in [7, 11) is 2.80. The summed E-state index contributed by atoms with van der Waals surface area (Å²) in [5.74, 6) is -1.27. The zero-order valence-electron chi connectivity index (χ0n) is 40.7. The third-order valence-corrected chi connectivity index (χ3v) is 13.2. The number of halogens is 4. The van der Waals surface area contributed by atoms with Crippen molar-refractivity contribution in [2.75, 3.05) is 20.6 Å². The number of carbonyl (C=O) groups excluding carboxylic acids is 3. The van der Waals surface area contributed by atoms with Crippen molar-refractivity contribution >= 4 is 62.0 Å². The summed E-state index contributed by atoms with van der Waals surface area (Å²) in [4.78, 5) is 94.8. The molecular formula is C56H47ClF3N9O6. The number of alkyl halides is 3. The fourth-order valence-electron chi connectivity index (χ4n) is 8.70. The fourth-order valence-corrected chi connectivity index (χ4v) is 8.87. The molecule has 9 aromatic rings. The summed E-state index contributed by atoms with van der Waals surface area (Å²) in [5, 5.41) is 4.58. The van der Waals surface area contributed by atoms with Gasteiger partial charge in [0.2, 0.25) is 0 Å². The second-order valence-electron chi connectivity index (χ2n) is 18.4. The molecule has 380 valence electrons. The molecule has 0 bridgehead atoms. The zero-order valence-corrected chi connectivity index (χ0v) is 41.5. The molecule has 0 saturated heterocycles.